The SMILES string of the molecule is CC(=O)c1cccc(OCCCC(=O)NCC(N)C2CC2)c1.Cl. The fraction of sp³-hybridized carbons (Fsp3) is 0.529. The number of nitrogens with one attached hydrogen (secondary N) is 1. The quantitative estimate of drug-likeness (QED) is 0.534. The summed E-state index contributed by atoms with van der Waals surface area (Å²) < 4.78 is 5.56. The topological polar surface area (TPSA) is 81.4 Å². The van der Waals surface area contributed by atoms with Crippen LogP contribution < -0.4 is 15.8 Å². The van der Waals surface area contributed by atoms with E-state index in [0.29, 0.717) is 43.2 Å². The van der Waals surface area contributed by atoms with Crippen LogP contribution in [0.1, 0.15) is 43.0 Å². The van der Waals surface area contributed by atoms with Gasteiger partial charge in [-0.2, -0.15) is 0 Å². The van der Waals surface area contributed by atoms with E-state index in [2.05, 4.69) is 5.32 Å². The zero-order chi connectivity index (χ0) is 15.9. The maximum Gasteiger partial charge on any atom is 0.220 e. The minimum atomic E-state index is 0. The van der Waals surface area contributed by atoms with Gasteiger partial charge in [-0.1, -0.05) is 12.1 Å². The van der Waals surface area contributed by atoms with E-state index in [9.17, 15) is 9.59 Å². The highest BCUT2D eigenvalue weighted by atomic mass is 35.5. The average molecular weight is 341 g/mol. The summed E-state index contributed by atoms with van der Waals surface area (Å²) in [5.74, 6) is 1.27. The lowest BCUT2D eigenvalue weighted by Crippen LogP contribution is -2.38. The van der Waals surface area contributed by atoms with Gasteiger partial charge in [0.25, 0.3) is 0 Å². The molecule has 0 radical (unpaired) electrons. The summed E-state index contributed by atoms with van der Waals surface area (Å²) in [7, 11) is 0. The van der Waals surface area contributed by atoms with Crippen LogP contribution in [0, 0.1) is 5.92 Å². The summed E-state index contributed by atoms with van der Waals surface area (Å²) >= 11 is 0. The monoisotopic (exact) mass is 340 g/mol. The number of carbonyl (C=O) groups excluding carboxylic acids is 2. The van der Waals surface area contributed by atoms with E-state index in [1.165, 1.54) is 19.8 Å². The highest BCUT2D eigenvalue weighted by molar-refractivity contribution is 5.94. The van der Waals surface area contributed by atoms with Gasteiger partial charge in [0.1, 0.15) is 5.75 Å². The van der Waals surface area contributed by atoms with Crippen LogP contribution in [0.2, 0.25) is 0 Å². The van der Waals surface area contributed by atoms with E-state index in [0.717, 1.165) is 0 Å². The number of rotatable bonds is 9. The molecule has 1 amide bonds. The first-order valence-corrected chi connectivity index (χ1v) is 7.82. The minimum Gasteiger partial charge on any atom is -0.494 e. The first kappa shape index (κ1) is 19.5. The summed E-state index contributed by atoms with van der Waals surface area (Å²) in [4.78, 5) is 23.0. The first-order valence-electron chi connectivity index (χ1n) is 7.82. The first-order chi connectivity index (χ1) is 10.6. The Balaban J connectivity index is 0.00000264. The maximum atomic E-state index is 11.7. The largest absolute Gasteiger partial charge is 0.494 e. The van der Waals surface area contributed by atoms with Crippen LogP contribution in [0.25, 0.3) is 0 Å². The van der Waals surface area contributed by atoms with E-state index in [-0.39, 0.29) is 30.1 Å². The smallest absolute Gasteiger partial charge is 0.220 e. The Kier molecular flexibility index (Phi) is 8.06. The van der Waals surface area contributed by atoms with Gasteiger partial charge in [-0.3, -0.25) is 9.59 Å². The van der Waals surface area contributed by atoms with Gasteiger partial charge in [-0.05, 0) is 44.2 Å². The number of Topliss-reactive ketones (excluding diaryl/α,β-unsaturated/α-hetero) is 1. The summed E-state index contributed by atoms with van der Waals surface area (Å²) in [5.41, 5.74) is 6.56. The Hall–Kier alpha value is -1.59. The number of halogens is 1. The van der Waals surface area contributed by atoms with Gasteiger partial charge in [-0.25, -0.2) is 0 Å². The number of ketones is 1. The highest BCUT2D eigenvalue weighted by Crippen LogP contribution is 2.31. The number of carbonyl (C=O) groups is 2. The number of benzene rings is 1. The summed E-state index contributed by atoms with van der Waals surface area (Å²) in [6.45, 7) is 2.53. The van der Waals surface area contributed by atoms with E-state index in [4.69, 9.17) is 10.5 Å². The molecule has 1 unspecified atom stereocenters. The van der Waals surface area contributed by atoms with Crippen molar-refractivity contribution >= 4 is 24.1 Å². The van der Waals surface area contributed by atoms with Crippen molar-refractivity contribution in [2.75, 3.05) is 13.2 Å². The van der Waals surface area contributed by atoms with Crippen LogP contribution in [0.3, 0.4) is 0 Å². The van der Waals surface area contributed by atoms with Crippen LogP contribution in [-0.4, -0.2) is 30.9 Å². The van der Waals surface area contributed by atoms with Crippen molar-refractivity contribution in [1.29, 1.82) is 0 Å². The normalized spacial score (nSPS) is 14.5. The molecule has 1 aromatic carbocycles. The molecule has 0 saturated heterocycles. The van der Waals surface area contributed by atoms with Gasteiger partial charge < -0.3 is 15.8 Å². The van der Waals surface area contributed by atoms with Gasteiger partial charge in [0, 0.05) is 24.6 Å². The Morgan fingerprint density at radius 1 is 1.39 bits per heavy atom. The number of hydrogen-bond acceptors (Lipinski definition) is 4. The predicted molar refractivity (Wildman–Crippen MR) is 92.1 cm³/mol. The third-order valence-electron chi connectivity index (χ3n) is 3.82. The van der Waals surface area contributed by atoms with Crippen LogP contribution in [0.4, 0.5) is 0 Å². The van der Waals surface area contributed by atoms with Gasteiger partial charge in [0.2, 0.25) is 5.91 Å². The molecule has 1 aliphatic rings. The molecule has 1 atom stereocenters. The van der Waals surface area contributed by atoms with Crippen LogP contribution >= 0.6 is 12.4 Å². The van der Waals surface area contributed by atoms with E-state index >= 15 is 0 Å². The molecule has 3 N–H and O–H groups in total. The van der Waals surface area contributed by atoms with Gasteiger partial charge in [0.05, 0.1) is 6.61 Å². The summed E-state index contributed by atoms with van der Waals surface area (Å²) in [6.07, 6.45) is 3.42. The second-order valence-electron chi connectivity index (χ2n) is 5.84. The highest BCUT2D eigenvalue weighted by Gasteiger charge is 2.28. The molecule has 0 heterocycles. The zero-order valence-corrected chi connectivity index (χ0v) is 14.2. The molecule has 1 aliphatic carbocycles. The lowest BCUT2D eigenvalue weighted by atomic mass is 10.1. The van der Waals surface area contributed by atoms with Gasteiger partial charge in [0.15, 0.2) is 5.78 Å². The molecule has 1 aromatic rings. The maximum absolute atomic E-state index is 11.7. The molecule has 1 fully saturated rings. The lowest BCUT2D eigenvalue weighted by molar-refractivity contribution is -0.121. The molecule has 0 bridgehead atoms. The average Bonchev–Trinajstić information content (AvgIpc) is 3.34. The van der Waals surface area contributed by atoms with Gasteiger partial charge in [-0.15, -0.1) is 12.4 Å². The Morgan fingerprint density at radius 2 is 2.13 bits per heavy atom. The Bertz CT molecular complexity index is 532. The predicted octanol–water partition coefficient (Wildman–Crippen LogP) is 2.32. The second-order valence-corrected chi connectivity index (χ2v) is 5.84. The number of hydrogen-bond donors (Lipinski definition) is 2. The zero-order valence-electron chi connectivity index (χ0n) is 13.4. The Morgan fingerprint density at radius 3 is 2.78 bits per heavy atom. The molecular formula is C17H25ClN2O3. The van der Waals surface area contributed by atoms with Crippen LogP contribution in [0.5, 0.6) is 5.75 Å². The second kappa shape index (κ2) is 9.53. The molecule has 5 nitrogen and oxygen atoms in total. The molecule has 0 aliphatic heterocycles. The molecule has 128 valence electrons. The van der Waals surface area contributed by atoms with E-state index in [1.807, 2.05) is 0 Å². The van der Waals surface area contributed by atoms with Crippen molar-refractivity contribution in [2.24, 2.45) is 11.7 Å². The van der Waals surface area contributed by atoms with Crippen LogP contribution in [-0.2, 0) is 4.79 Å². The van der Waals surface area contributed by atoms with Crippen molar-refractivity contribution in [3.63, 3.8) is 0 Å². The number of nitrogens with two attached hydrogens (primary N) is 1. The molecule has 6 heteroatoms. The van der Waals surface area contributed by atoms with E-state index in [1.54, 1.807) is 24.3 Å². The molecule has 1 saturated carbocycles. The summed E-state index contributed by atoms with van der Waals surface area (Å²) in [5, 5.41) is 2.86. The minimum absolute atomic E-state index is 0. The fourth-order valence-corrected chi connectivity index (χ4v) is 2.24. The fourth-order valence-electron chi connectivity index (χ4n) is 2.24. The van der Waals surface area contributed by atoms with Crippen LogP contribution in [0.15, 0.2) is 24.3 Å². The number of ether oxygens (including phenoxy) is 1. The Labute approximate surface area is 143 Å². The lowest BCUT2D eigenvalue weighted by Gasteiger charge is -2.11. The van der Waals surface area contributed by atoms with Crippen molar-refractivity contribution in [3.8, 4) is 5.75 Å². The molecule has 0 spiro atoms. The standard InChI is InChI=1S/C17H24N2O3.ClH/c1-12(20)14-4-2-5-15(10-14)22-9-3-6-17(21)19-11-16(18)13-7-8-13;/h2,4-5,10,13,16H,3,6-9,11,18H2,1H3,(H,19,21);1H. The molecule has 2 rings (SSSR count). The molecule has 23 heavy (non-hydrogen) atoms. The van der Waals surface area contributed by atoms with Crippen molar-refractivity contribution < 1.29 is 14.3 Å². The molecular weight excluding hydrogens is 316 g/mol. The third-order valence-corrected chi connectivity index (χ3v) is 3.82. The van der Waals surface area contributed by atoms with Crippen molar-refractivity contribution in [3.05, 3.63) is 29.8 Å². The third kappa shape index (κ3) is 7.01. The summed E-state index contributed by atoms with van der Waals surface area (Å²) in [6, 6.07) is 7.16. The van der Waals surface area contributed by atoms with Crippen molar-refractivity contribution in [2.45, 2.75) is 38.6 Å². The van der Waals surface area contributed by atoms with Gasteiger partial charge >= 0.3 is 0 Å². The number of amides is 1. The van der Waals surface area contributed by atoms with Crippen molar-refractivity contribution in [1.82, 2.24) is 5.32 Å². The molecule has 0 aromatic heterocycles. The van der Waals surface area contributed by atoms with E-state index < -0.39 is 0 Å².